The van der Waals surface area contributed by atoms with Gasteiger partial charge in [0.2, 0.25) is 0 Å². The highest BCUT2D eigenvalue weighted by molar-refractivity contribution is 9.10. The highest BCUT2D eigenvalue weighted by atomic mass is 79.9. The van der Waals surface area contributed by atoms with E-state index < -0.39 is 11.9 Å². The molecule has 8 heteroatoms. The number of ether oxygens (including phenoxy) is 2. The summed E-state index contributed by atoms with van der Waals surface area (Å²) in [6.45, 7) is 2.94. The monoisotopic (exact) mass is 593 g/mol. The zero-order valence-corrected chi connectivity index (χ0v) is 23.6. The minimum Gasteiger partial charge on any atom is -0.490 e. The number of rotatable bonds is 9. The van der Waals surface area contributed by atoms with Gasteiger partial charge in [0.25, 0.3) is 0 Å². The molecular weight excluding hydrogens is 562 g/mol. The second kappa shape index (κ2) is 11.8. The Balaban J connectivity index is 1.61. The molecule has 2 aromatic carbocycles. The number of aliphatic carboxylic acids is 1. The molecule has 2 aromatic rings. The fraction of sp³-hybridized carbons (Fsp3) is 0.387. The van der Waals surface area contributed by atoms with E-state index in [0.29, 0.717) is 78.9 Å². The number of hydrogen-bond acceptors (Lipinski definition) is 6. The van der Waals surface area contributed by atoms with E-state index in [1.54, 1.807) is 0 Å². The highest BCUT2D eigenvalue weighted by Crippen LogP contribution is 2.51. The summed E-state index contributed by atoms with van der Waals surface area (Å²) in [5.74, 6) is -0.272. The lowest BCUT2D eigenvalue weighted by atomic mass is 9.71. The van der Waals surface area contributed by atoms with Gasteiger partial charge in [-0.05, 0) is 71.8 Å². The minimum atomic E-state index is -0.901. The number of hydrogen-bond donors (Lipinski definition) is 1. The van der Waals surface area contributed by atoms with Gasteiger partial charge in [-0.15, -0.1) is 0 Å². The number of benzene rings is 2. The van der Waals surface area contributed by atoms with E-state index >= 15 is 0 Å². The maximum absolute atomic E-state index is 13.5. The Hall–Kier alpha value is -3.39. The van der Waals surface area contributed by atoms with Crippen LogP contribution in [0.4, 0.5) is 0 Å². The lowest BCUT2D eigenvalue weighted by Gasteiger charge is -2.44. The van der Waals surface area contributed by atoms with Crippen LogP contribution in [0.3, 0.4) is 0 Å². The summed E-state index contributed by atoms with van der Waals surface area (Å²) in [5.41, 5.74) is 4.78. The fourth-order valence-corrected chi connectivity index (χ4v) is 6.49. The Morgan fingerprint density at radius 3 is 2.21 bits per heavy atom. The van der Waals surface area contributed by atoms with Crippen molar-refractivity contribution in [3.05, 3.63) is 80.6 Å². The Morgan fingerprint density at radius 1 is 0.974 bits per heavy atom. The van der Waals surface area contributed by atoms with Crippen LogP contribution in [0.1, 0.15) is 68.9 Å². The first-order valence-corrected chi connectivity index (χ1v) is 14.3. The maximum atomic E-state index is 13.5. The predicted molar refractivity (Wildman–Crippen MR) is 150 cm³/mol. The van der Waals surface area contributed by atoms with Gasteiger partial charge in [-0.3, -0.25) is 14.4 Å². The summed E-state index contributed by atoms with van der Waals surface area (Å²) in [6, 6.07) is 13.7. The van der Waals surface area contributed by atoms with Crippen LogP contribution in [0.25, 0.3) is 0 Å². The number of halogens is 1. The molecule has 0 bridgehead atoms. The van der Waals surface area contributed by atoms with Gasteiger partial charge in [0, 0.05) is 47.8 Å². The van der Waals surface area contributed by atoms with Gasteiger partial charge in [0.05, 0.1) is 17.5 Å². The number of nitrogens with zero attached hydrogens (tertiary/aromatic N) is 1. The van der Waals surface area contributed by atoms with Gasteiger partial charge in [0.15, 0.2) is 23.1 Å². The molecule has 1 heterocycles. The van der Waals surface area contributed by atoms with Crippen molar-refractivity contribution in [2.75, 3.05) is 13.2 Å². The molecule has 7 nitrogen and oxygen atoms in total. The maximum Gasteiger partial charge on any atom is 0.305 e. The molecule has 0 aromatic heterocycles. The molecule has 0 saturated heterocycles. The summed E-state index contributed by atoms with van der Waals surface area (Å²) in [6.07, 6.45) is 3.55. The number of ketones is 2. The third-order valence-corrected chi connectivity index (χ3v) is 8.12. The first-order valence-electron chi connectivity index (χ1n) is 13.5. The number of carboxylic acid groups (broad SMARTS) is 1. The first kappa shape index (κ1) is 27.2. The molecule has 5 rings (SSSR count). The van der Waals surface area contributed by atoms with E-state index in [1.165, 1.54) is 0 Å². The topological polar surface area (TPSA) is 93.1 Å². The number of carbonyl (C=O) groups excluding carboxylic acids is 2. The SMILES string of the molecule is CCOc1cc(C2C3=C(CCCC3=O)N(CCC(=O)O)C3=C2C(=O)CCC3)cc(Br)c1OCc1ccccc1. The number of carboxylic acids is 1. The predicted octanol–water partition coefficient (Wildman–Crippen LogP) is 6.31. The van der Waals surface area contributed by atoms with Gasteiger partial charge in [0.1, 0.15) is 6.61 Å². The van der Waals surface area contributed by atoms with E-state index in [2.05, 4.69) is 15.9 Å². The molecule has 1 N–H and O–H groups in total. The summed E-state index contributed by atoms with van der Waals surface area (Å²) in [7, 11) is 0. The third kappa shape index (κ3) is 5.53. The quantitative estimate of drug-likeness (QED) is 0.364. The third-order valence-electron chi connectivity index (χ3n) is 7.53. The Morgan fingerprint density at radius 2 is 1.62 bits per heavy atom. The van der Waals surface area contributed by atoms with E-state index in [9.17, 15) is 19.5 Å². The highest BCUT2D eigenvalue weighted by Gasteiger charge is 2.43. The van der Waals surface area contributed by atoms with E-state index in [-0.39, 0.29) is 24.5 Å². The van der Waals surface area contributed by atoms with E-state index in [0.717, 1.165) is 22.5 Å². The molecular formula is C31H32BrNO6. The van der Waals surface area contributed by atoms with Crippen LogP contribution < -0.4 is 9.47 Å². The standard InChI is InChI=1S/C31H32BrNO6/c1-2-38-26-17-20(16-21(32)31(26)39-18-19-8-4-3-5-9-19)28-29-22(10-6-12-24(29)34)33(15-14-27(36)37)23-11-7-13-25(35)30(23)28/h3-5,8-9,16-17,28H,2,6-7,10-15,18H2,1H3,(H,36,37). The molecule has 3 aliphatic rings. The lowest BCUT2D eigenvalue weighted by Crippen LogP contribution is -2.39. The van der Waals surface area contributed by atoms with Gasteiger partial charge < -0.3 is 19.5 Å². The van der Waals surface area contributed by atoms with Crippen LogP contribution in [-0.4, -0.2) is 40.7 Å². The number of Topliss-reactive ketones (excluding diaryl/α,β-unsaturated/α-hetero) is 2. The second-order valence-corrected chi connectivity index (χ2v) is 10.9. The van der Waals surface area contributed by atoms with Crippen LogP contribution in [0.5, 0.6) is 11.5 Å². The van der Waals surface area contributed by atoms with Crippen LogP contribution in [0, 0.1) is 0 Å². The molecule has 39 heavy (non-hydrogen) atoms. The van der Waals surface area contributed by atoms with E-state index in [1.807, 2.05) is 54.3 Å². The lowest BCUT2D eigenvalue weighted by molar-refractivity contribution is -0.137. The van der Waals surface area contributed by atoms with Crippen molar-refractivity contribution in [1.82, 2.24) is 4.90 Å². The molecule has 0 saturated carbocycles. The van der Waals surface area contributed by atoms with E-state index in [4.69, 9.17) is 9.47 Å². The van der Waals surface area contributed by atoms with Crippen molar-refractivity contribution >= 4 is 33.5 Å². The van der Waals surface area contributed by atoms with Gasteiger partial charge in [-0.25, -0.2) is 0 Å². The first-order chi connectivity index (χ1) is 18.9. The molecule has 0 spiro atoms. The Labute approximate surface area is 236 Å². The molecule has 204 valence electrons. The molecule has 2 aliphatic carbocycles. The summed E-state index contributed by atoms with van der Waals surface area (Å²) in [4.78, 5) is 40.4. The van der Waals surface area contributed by atoms with Crippen LogP contribution in [0.2, 0.25) is 0 Å². The molecule has 0 amide bonds. The van der Waals surface area contributed by atoms with Gasteiger partial charge in [-0.1, -0.05) is 30.3 Å². The van der Waals surface area contributed by atoms with Crippen molar-refractivity contribution in [1.29, 1.82) is 0 Å². The Bertz CT molecular complexity index is 1320. The largest absolute Gasteiger partial charge is 0.490 e. The van der Waals surface area contributed by atoms with Crippen LogP contribution >= 0.6 is 15.9 Å². The number of allylic oxidation sites excluding steroid dienone is 4. The zero-order valence-electron chi connectivity index (χ0n) is 22.0. The summed E-state index contributed by atoms with van der Waals surface area (Å²) < 4.78 is 12.9. The average Bonchev–Trinajstić information content (AvgIpc) is 2.92. The van der Waals surface area contributed by atoms with Crippen molar-refractivity contribution in [2.45, 2.75) is 64.4 Å². The van der Waals surface area contributed by atoms with Gasteiger partial charge >= 0.3 is 5.97 Å². The van der Waals surface area contributed by atoms with Crippen molar-refractivity contribution < 1.29 is 29.0 Å². The van der Waals surface area contributed by atoms with Crippen molar-refractivity contribution in [3.8, 4) is 11.5 Å². The average molecular weight is 595 g/mol. The van der Waals surface area contributed by atoms with Crippen LogP contribution in [0.15, 0.2) is 69.5 Å². The minimum absolute atomic E-state index is 0.0185. The molecule has 1 aliphatic heterocycles. The zero-order chi connectivity index (χ0) is 27.5. The summed E-state index contributed by atoms with van der Waals surface area (Å²) in [5, 5.41) is 9.40. The van der Waals surface area contributed by atoms with Crippen LogP contribution in [-0.2, 0) is 21.0 Å². The fourth-order valence-electron chi connectivity index (χ4n) is 5.91. The summed E-state index contributed by atoms with van der Waals surface area (Å²) >= 11 is 3.68. The normalized spacial score (nSPS) is 17.7. The van der Waals surface area contributed by atoms with Gasteiger partial charge in [-0.2, -0.15) is 0 Å². The molecule has 0 atom stereocenters. The molecule has 0 fully saturated rings. The number of carbonyl (C=O) groups is 3. The second-order valence-electron chi connectivity index (χ2n) is 10.0. The Kier molecular flexibility index (Phi) is 8.21. The van der Waals surface area contributed by atoms with Crippen molar-refractivity contribution in [3.63, 3.8) is 0 Å². The molecule has 0 unspecified atom stereocenters. The smallest absolute Gasteiger partial charge is 0.305 e. The molecule has 0 radical (unpaired) electrons. The van der Waals surface area contributed by atoms with Crippen molar-refractivity contribution in [2.24, 2.45) is 0 Å².